The van der Waals surface area contributed by atoms with Crippen molar-refractivity contribution in [3.05, 3.63) is 23.4 Å². The highest BCUT2D eigenvalue weighted by molar-refractivity contribution is 6.05. The smallest absolute Gasteiger partial charge is 0.428 e. The monoisotopic (exact) mass is 344 g/mol. The van der Waals surface area contributed by atoms with E-state index in [-0.39, 0.29) is 30.2 Å². The summed E-state index contributed by atoms with van der Waals surface area (Å²) in [6.07, 6.45) is -4.94. The largest absolute Gasteiger partial charge is 0.439 e. The van der Waals surface area contributed by atoms with Crippen molar-refractivity contribution >= 4 is 17.6 Å². The number of hydrogen-bond acceptors (Lipinski definition) is 6. The van der Waals surface area contributed by atoms with E-state index in [1.54, 1.807) is 6.92 Å². The zero-order valence-electron chi connectivity index (χ0n) is 12.9. The Morgan fingerprint density at radius 1 is 1.46 bits per heavy atom. The molecule has 2 aliphatic rings. The van der Waals surface area contributed by atoms with Crippen LogP contribution in [0.5, 0.6) is 0 Å². The van der Waals surface area contributed by atoms with Gasteiger partial charge in [-0.25, -0.2) is 15.2 Å². The van der Waals surface area contributed by atoms with Crippen molar-refractivity contribution in [3.63, 3.8) is 0 Å². The molecule has 1 unspecified atom stereocenters. The first-order chi connectivity index (χ1) is 11.1. The SMILES string of the molecule is CC1OC(=O)NN=C1c1cnc(N2CC(C)(O)C2)c(C(F)(F)F)c1. The summed E-state index contributed by atoms with van der Waals surface area (Å²) in [5.74, 6) is -0.244. The molecule has 1 aromatic rings. The number of halogens is 3. The minimum atomic E-state index is -4.62. The molecule has 0 spiro atoms. The van der Waals surface area contributed by atoms with E-state index in [1.165, 1.54) is 18.0 Å². The van der Waals surface area contributed by atoms with Crippen molar-refractivity contribution < 1.29 is 27.8 Å². The molecule has 130 valence electrons. The van der Waals surface area contributed by atoms with Crippen molar-refractivity contribution in [2.45, 2.75) is 31.7 Å². The maximum atomic E-state index is 13.4. The van der Waals surface area contributed by atoms with Crippen molar-refractivity contribution in [1.82, 2.24) is 10.4 Å². The van der Waals surface area contributed by atoms with Gasteiger partial charge in [-0.15, -0.1) is 0 Å². The fourth-order valence-electron chi connectivity index (χ4n) is 2.72. The molecular formula is C14H15F3N4O3. The minimum absolute atomic E-state index is 0.0684. The van der Waals surface area contributed by atoms with Crippen LogP contribution in [0.25, 0.3) is 0 Å². The Balaban J connectivity index is 1.98. The third-order valence-corrected chi connectivity index (χ3v) is 3.77. The molecule has 10 heteroatoms. The molecule has 7 nitrogen and oxygen atoms in total. The Bertz CT molecular complexity index is 710. The lowest BCUT2D eigenvalue weighted by atomic mass is 9.95. The van der Waals surface area contributed by atoms with E-state index in [9.17, 15) is 23.1 Å². The summed E-state index contributed by atoms with van der Waals surface area (Å²) in [7, 11) is 0. The normalized spacial score (nSPS) is 23.1. The molecule has 2 aliphatic heterocycles. The predicted molar refractivity (Wildman–Crippen MR) is 77.7 cm³/mol. The van der Waals surface area contributed by atoms with Gasteiger partial charge in [0.15, 0.2) is 0 Å². The van der Waals surface area contributed by atoms with Gasteiger partial charge >= 0.3 is 12.3 Å². The number of alkyl halides is 3. The van der Waals surface area contributed by atoms with Crippen LogP contribution in [-0.4, -0.2) is 46.7 Å². The number of hydrazone groups is 1. The zero-order valence-corrected chi connectivity index (χ0v) is 12.9. The Morgan fingerprint density at radius 2 is 2.12 bits per heavy atom. The van der Waals surface area contributed by atoms with Crippen LogP contribution in [-0.2, 0) is 10.9 Å². The lowest BCUT2D eigenvalue weighted by molar-refractivity contribution is -0.137. The average Bonchev–Trinajstić information content (AvgIpc) is 2.43. The summed E-state index contributed by atoms with van der Waals surface area (Å²) < 4.78 is 45.1. The lowest BCUT2D eigenvalue weighted by Crippen LogP contribution is -2.60. The van der Waals surface area contributed by atoms with E-state index in [4.69, 9.17) is 4.74 Å². The molecule has 0 saturated carbocycles. The third kappa shape index (κ3) is 3.01. The first kappa shape index (κ1) is 16.5. The highest BCUT2D eigenvalue weighted by atomic mass is 19.4. The molecule has 24 heavy (non-hydrogen) atoms. The molecule has 2 N–H and O–H groups in total. The number of nitrogens with zero attached hydrogens (tertiary/aromatic N) is 3. The highest BCUT2D eigenvalue weighted by Gasteiger charge is 2.43. The number of pyridine rings is 1. The van der Waals surface area contributed by atoms with Crippen LogP contribution in [0.1, 0.15) is 25.0 Å². The van der Waals surface area contributed by atoms with Gasteiger partial charge in [-0.3, -0.25) is 0 Å². The Hall–Kier alpha value is -2.36. The topological polar surface area (TPSA) is 87.0 Å². The second-order valence-electron chi connectivity index (χ2n) is 6.10. The molecule has 0 radical (unpaired) electrons. The Kier molecular flexibility index (Phi) is 3.67. The van der Waals surface area contributed by atoms with E-state index in [0.717, 1.165) is 6.07 Å². The third-order valence-electron chi connectivity index (χ3n) is 3.77. The molecule has 0 aromatic carbocycles. The van der Waals surface area contributed by atoms with Gasteiger partial charge in [0.25, 0.3) is 0 Å². The number of hydrogen-bond donors (Lipinski definition) is 2. The summed E-state index contributed by atoms with van der Waals surface area (Å²) in [5.41, 5.74) is 0.362. The van der Waals surface area contributed by atoms with Crippen LogP contribution in [0.4, 0.5) is 23.8 Å². The van der Waals surface area contributed by atoms with Crippen molar-refractivity contribution in [3.8, 4) is 0 Å². The van der Waals surface area contributed by atoms with Crippen LogP contribution in [0, 0.1) is 0 Å². The molecule has 1 saturated heterocycles. The predicted octanol–water partition coefficient (Wildman–Crippen LogP) is 1.50. The van der Waals surface area contributed by atoms with E-state index >= 15 is 0 Å². The molecule has 0 aliphatic carbocycles. The molecular weight excluding hydrogens is 329 g/mol. The molecule has 1 atom stereocenters. The second kappa shape index (κ2) is 5.33. The summed E-state index contributed by atoms with van der Waals surface area (Å²) in [6, 6.07) is 0.922. The molecule has 1 aromatic heterocycles. The number of nitrogens with one attached hydrogen (secondary N) is 1. The zero-order chi connectivity index (χ0) is 17.7. The number of anilines is 1. The van der Waals surface area contributed by atoms with E-state index in [0.29, 0.717) is 0 Å². The number of aliphatic hydroxyl groups is 1. The number of carbonyl (C=O) groups excluding carboxylic acids is 1. The number of β-amino-alcohol motifs (C(OH)–C–C–N with tert-alkyl or cyclic N) is 1. The van der Waals surface area contributed by atoms with Gasteiger partial charge in [-0.2, -0.15) is 18.3 Å². The number of cyclic esters (lactones) is 1. The van der Waals surface area contributed by atoms with E-state index < -0.39 is 29.5 Å². The fraction of sp³-hybridized carbons (Fsp3) is 0.500. The van der Waals surface area contributed by atoms with Gasteiger partial charge in [0.2, 0.25) is 0 Å². The number of amides is 1. The maximum absolute atomic E-state index is 13.4. The van der Waals surface area contributed by atoms with Crippen LogP contribution in [0.2, 0.25) is 0 Å². The van der Waals surface area contributed by atoms with Crippen LogP contribution in [0.3, 0.4) is 0 Å². The maximum Gasteiger partial charge on any atom is 0.428 e. The van der Waals surface area contributed by atoms with Crippen molar-refractivity contribution in [1.29, 1.82) is 0 Å². The summed E-state index contributed by atoms with van der Waals surface area (Å²) in [5, 5.41) is 13.5. The number of rotatable bonds is 2. The second-order valence-corrected chi connectivity index (χ2v) is 6.10. The summed E-state index contributed by atoms with van der Waals surface area (Å²) >= 11 is 0. The molecule has 3 heterocycles. The summed E-state index contributed by atoms with van der Waals surface area (Å²) in [4.78, 5) is 16.3. The number of ether oxygens (including phenoxy) is 1. The standard InChI is InChI=1S/C14H15F3N4O3/c1-7-10(19-20-12(22)24-7)8-3-9(14(15,16)17)11(18-4-8)21-5-13(2,23)6-21/h3-4,7,23H,5-6H2,1-2H3,(H,20,22). The first-order valence-electron chi connectivity index (χ1n) is 7.16. The molecule has 1 fully saturated rings. The highest BCUT2D eigenvalue weighted by Crippen LogP contribution is 2.39. The number of aromatic nitrogens is 1. The van der Waals surface area contributed by atoms with Crippen molar-refractivity contribution in [2.75, 3.05) is 18.0 Å². The quantitative estimate of drug-likeness (QED) is 0.849. The van der Waals surface area contributed by atoms with Gasteiger partial charge < -0.3 is 14.7 Å². The van der Waals surface area contributed by atoms with Crippen LogP contribution >= 0.6 is 0 Å². The van der Waals surface area contributed by atoms with Gasteiger partial charge in [-0.1, -0.05) is 0 Å². The number of carbonyl (C=O) groups is 1. The lowest BCUT2D eigenvalue weighted by Gasteiger charge is -2.45. The van der Waals surface area contributed by atoms with Gasteiger partial charge in [-0.05, 0) is 19.9 Å². The van der Waals surface area contributed by atoms with Gasteiger partial charge in [0.05, 0.1) is 11.2 Å². The summed E-state index contributed by atoms with van der Waals surface area (Å²) in [6.45, 7) is 3.19. The first-order valence-corrected chi connectivity index (χ1v) is 7.16. The van der Waals surface area contributed by atoms with Gasteiger partial charge in [0, 0.05) is 24.8 Å². The average molecular weight is 344 g/mol. The molecule has 3 rings (SSSR count). The van der Waals surface area contributed by atoms with Crippen LogP contribution in [0.15, 0.2) is 17.4 Å². The molecule has 0 bridgehead atoms. The van der Waals surface area contributed by atoms with E-state index in [1.807, 2.05) is 0 Å². The van der Waals surface area contributed by atoms with Crippen molar-refractivity contribution in [2.24, 2.45) is 5.10 Å². The van der Waals surface area contributed by atoms with Gasteiger partial charge in [0.1, 0.15) is 17.6 Å². The Morgan fingerprint density at radius 3 is 2.67 bits per heavy atom. The molecule has 1 amide bonds. The minimum Gasteiger partial charge on any atom is -0.439 e. The van der Waals surface area contributed by atoms with E-state index in [2.05, 4.69) is 15.5 Å². The fourth-order valence-corrected chi connectivity index (χ4v) is 2.72. The Labute approximate surface area is 135 Å². The van der Waals surface area contributed by atoms with Crippen LogP contribution < -0.4 is 10.3 Å².